The summed E-state index contributed by atoms with van der Waals surface area (Å²) >= 11 is 0. The minimum Gasteiger partial charge on any atom is -1.00 e. The first-order chi connectivity index (χ1) is 9.66. The van der Waals surface area contributed by atoms with Crippen LogP contribution in [0.25, 0.3) is 0 Å². The van der Waals surface area contributed by atoms with Crippen LogP contribution in [0.5, 0.6) is 0 Å². The molecule has 0 rings (SSSR count). The van der Waals surface area contributed by atoms with Gasteiger partial charge in [0.25, 0.3) is 0 Å². The van der Waals surface area contributed by atoms with Crippen molar-refractivity contribution in [2.75, 3.05) is 56.4 Å². The second-order valence-electron chi connectivity index (χ2n) is 2.50. The number of nitrogens with one attached hydrogen (secondary N) is 8. The Labute approximate surface area is 202 Å². The van der Waals surface area contributed by atoms with Gasteiger partial charge < -0.3 is 77.0 Å². The van der Waals surface area contributed by atoms with E-state index in [0.717, 1.165) is 0 Å². The summed E-state index contributed by atoms with van der Waals surface area (Å²) in [7, 11) is 14.3. The van der Waals surface area contributed by atoms with Gasteiger partial charge in [0.15, 0.2) is 0 Å². The summed E-state index contributed by atoms with van der Waals surface area (Å²) in [4.78, 5) is 10.6. The minimum atomic E-state index is 0. The summed E-state index contributed by atoms with van der Waals surface area (Å²) in [5.41, 5.74) is 0. The summed E-state index contributed by atoms with van der Waals surface area (Å²) < 4.78 is 0. The van der Waals surface area contributed by atoms with Crippen LogP contribution in [-0.2, 0) is 55.7 Å². The van der Waals surface area contributed by atoms with E-state index < -0.39 is 0 Å². The van der Waals surface area contributed by atoms with Crippen LogP contribution in [0.2, 0.25) is 0 Å². The Morgan fingerprint density at radius 1 is 0.462 bits per heavy atom. The molecular weight excluding hydrogens is 753 g/mol. The molecule has 0 aliphatic rings. The fourth-order valence-electron chi connectivity index (χ4n) is 0.500. The molecule has 172 valence electrons. The van der Waals surface area contributed by atoms with Gasteiger partial charge in [-0.2, -0.15) is 0 Å². The van der Waals surface area contributed by atoms with Crippen molar-refractivity contribution in [2.24, 2.45) is 0 Å². The monoisotopic (exact) mass is 790 g/mol. The summed E-state index contributed by atoms with van der Waals surface area (Å²) in [6.07, 6.45) is 10.4. The molecule has 26 heavy (non-hydrogen) atoms. The third-order valence-corrected chi connectivity index (χ3v) is 1.00. The predicted octanol–water partition coefficient (Wildman–Crippen LogP) is -16.6. The van der Waals surface area contributed by atoms with Crippen molar-refractivity contribution >= 4 is 25.4 Å². The van der Waals surface area contributed by atoms with E-state index in [1.54, 1.807) is 56.4 Å². The van der Waals surface area contributed by atoms with Crippen molar-refractivity contribution in [2.45, 2.75) is 0 Å². The van der Waals surface area contributed by atoms with E-state index in [0.29, 0.717) is 0 Å². The van der Waals surface area contributed by atoms with E-state index in [2.05, 4.69) is 66.6 Å². The Kier molecular flexibility index (Phi) is 246. The van der Waals surface area contributed by atoms with Crippen LogP contribution < -0.4 is 66.1 Å². The van der Waals surface area contributed by atoms with Crippen molar-refractivity contribution in [1.29, 1.82) is 0 Å². The molecule has 0 saturated carbocycles. The maximum Gasteiger partial charge on any atom is 1.00 e. The van der Waals surface area contributed by atoms with E-state index in [1.165, 1.54) is 0 Å². The molecule has 0 heterocycles. The van der Waals surface area contributed by atoms with Crippen molar-refractivity contribution < 1.29 is 100 Å². The third-order valence-electron chi connectivity index (χ3n) is 1.00. The van der Waals surface area contributed by atoms with Gasteiger partial charge in [-0.1, -0.05) is 0 Å². The molecule has 0 aromatic rings. The Morgan fingerprint density at radius 3 is 0.577 bits per heavy atom. The molecule has 0 bridgehead atoms. The fraction of sp³-hybridized carbons (Fsp3) is 0.667. The molecule has 0 aromatic heterocycles. The van der Waals surface area contributed by atoms with Gasteiger partial charge in [-0.25, -0.2) is 0 Å². The third kappa shape index (κ3) is 202. The first-order valence-electron chi connectivity index (χ1n) is 6.00. The molecule has 0 amide bonds. The SMILES string of the molecule is CN[C-]=[NH+]C.CN[C-]=[NH+]C.CN[C-]=[NH+]C.CN[C-]=[NH+]C.[Au+].[Au+].[Cl-].[Cl-].[OH3+].[OH3+]. The molecular formula is C12H38Au2Cl2N8O2+2. The maximum absolute atomic E-state index is 2.66. The number of rotatable bonds is 4. The summed E-state index contributed by atoms with van der Waals surface area (Å²) in [6.45, 7) is 0. The van der Waals surface area contributed by atoms with E-state index in [-0.39, 0.29) is 80.5 Å². The molecule has 0 saturated heterocycles. The number of hydrogen-bond acceptors (Lipinski definition) is 0. The number of hydrogen-bond donors (Lipinski definition) is 8. The second-order valence-corrected chi connectivity index (χ2v) is 2.50. The first kappa shape index (κ1) is 63.5. The maximum atomic E-state index is 2.66. The zero-order valence-electron chi connectivity index (χ0n) is 16.5. The van der Waals surface area contributed by atoms with Gasteiger partial charge >= 0.3 is 44.8 Å². The molecule has 0 aliphatic heterocycles. The van der Waals surface area contributed by atoms with Crippen LogP contribution in [0.1, 0.15) is 0 Å². The van der Waals surface area contributed by atoms with Crippen LogP contribution >= 0.6 is 0 Å². The molecule has 0 atom stereocenters. The largest absolute Gasteiger partial charge is 1.00 e. The average molecular weight is 791 g/mol. The average Bonchev–Trinajstić information content (AvgIpc) is 2.44. The first-order valence-corrected chi connectivity index (χ1v) is 6.00. The van der Waals surface area contributed by atoms with Crippen LogP contribution in [0, 0.1) is 0 Å². The topological polar surface area (TPSA) is 170 Å². The molecule has 10 nitrogen and oxygen atoms in total. The smallest absolute Gasteiger partial charge is 1.00 e. The molecule has 14 N–H and O–H groups in total. The number of halogens is 2. The zero-order valence-corrected chi connectivity index (χ0v) is 22.4. The molecule has 0 aliphatic carbocycles. The van der Waals surface area contributed by atoms with Crippen molar-refractivity contribution in [3.05, 3.63) is 0 Å². The van der Waals surface area contributed by atoms with Gasteiger partial charge in [0.1, 0.15) is 0 Å². The fourth-order valence-corrected chi connectivity index (χ4v) is 0.500. The second kappa shape index (κ2) is 101. The van der Waals surface area contributed by atoms with E-state index in [4.69, 9.17) is 0 Å². The molecule has 0 radical (unpaired) electrons. The van der Waals surface area contributed by atoms with Gasteiger partial charge in [0.05, 0.1) is 0 Å². The van der Waals surface area contributed by atoms with Gasteiger partial charge in [0.2, 0.25) is 0 Å². The molecule has 14 heteroatoms. The summed E-state index contributed by atoms with van der Waals surface area (Å²) in [5.74, 6) is 0. The van der Waals surface area contributed by atoms with E-state index >= 15 is 0 Å². The van der Waals surface area contributed by atoms with Gasteiger partial charge in [-0.15, -0.1) is 25.4 Å². The quantitative estimate of drug-likeness (QED) is 0.0354. The van der Waals surface area contributed by atoms with Crippen molar-refractivity contribution in [3.8, 4) is 0 Å². The Bertz CT molecular complexity index is 205. The minimum absolute atomic E-state index is 0. The van der Waals surface area contributed by atoms with Gasteiger partial charge in [-0.05, 0) is 0 Å². The van der Waals surface area contributed by atoms with Crippen molar-refractivity contribution in [1.82, 2.24) is 21.3 Å². The zero-order chi connectivity index (χ0) is 16.5. The van der Waals surface area contributed by atoms with Gasteiger partial charge in [0, 0.05) is 56.4 Å². The van der Waals surface area contributed by atoms with Crippen LogP contribution in [0.4, 0.5) is 0 Å². The Morgan fingerprint density at radius 2 is 0.577 bits per heavy atom. The molecule has 0 aromatic carbocycles. The summed E-state index contributed by atoms with van der Waals surface area (Å²) in [6, 6.07) is 0. The van der Waals surface area contributed by atoms with Crippen LogP contribution in [0.3, 0.4) is 0 Å². The molecule has 0 unspecified atom stereocenters. The van der Waals surface area contributed by atoms with Crippen molar-refractivity contribution in [3.63, 3.8) is 0 Å². The van der Waals surface area contributed by atoms with Crippen LogP contribution in [0.15, 0.2) is 0 Å². The van der Waals surface area contributed by atoms with Crippen LogP contribution in [-0.4, -0.2) is 81.7 Å². The Balaban J connectivity index is -0.0000000152. The predicted molar refractivity (Wildman–Crippen MR) is 93.6 cm³/mol. The van der Waals surface area contributed by atoms with E-state index in [1.807, 2.05) is 0 Å². The normalized spacial score (nSPS) is 7.08. The van der Waals surface area contributed by atoms with Gasteiger partial charge in [-0.3, -0.25) is 0 Å². The Hall–Kier alpha value is -0.139. The molecule has 0 fully saturated rings. The molecule has 0 spiro atoms. The standard InChI is InChI=1S/4C3H8N2.2Au.2ClH.2H2O/c4*1-4-3-5-2;;;;;;/h4*4-5H,1-2H3;;;2*1H;2*1H2/q;;;;2*+1;;;;. The van der Waals surface area contributed by atoms with E-state index in [9.17, 15) is 0 Å². The summed E-state index contributed by atoms with van der Waals surface area (Å²) in [5, 5.41) is 10.6.